The van der Waals surface area contributed by atoms with Gasteiger partial charge in [-0.15, -0.1) is 23.5 Å². The van der Waals surface area contributed by atoms with Crippen molar-refractivity contribution in [1.82, 2.24) is 0 Å². The lowest BCUT2D eigenvalue weighted by Crippen LogP contribution is -2.49. The number of hydrogen-bond donors (Lipinski definition) is 2. The monoisotopic (exact) mass is 527 g/mol. The van der Waals surface area contributed by atoms with E-state index in [1.54, 1.807) is 36.0 Å². The summed E-state index contributed by atoms with van der Waals surface area (Å²) >= 11 is 3.15. The quantitative estimate of drug-likeness (QED) is 0.278. The molecule has 1 heterocycles. The third-order valence-electron chi connectivity index (χ3n) is 5.99. The van der Waals surface area contributed by atoms with Crippen LogP contribution in [0.15, 0.2) is 107 Å². The molecule has 2 aliphatic rings. The molecule has 2 atom stereocenters. The minimum atomic E-state index is -0.198. The summed E-state index contributed by atoms with van der Waals surface area (Å²) in [5.41, 5.74) is 2.80. The Morgan fingerprint density at radius 3 is 2.49 bits per heavy atom. The number of carbonyl (C=O) groups excluding carboxylic acids is 3. The fourth-order valence-electron chi connectivity index (χ4n) is 4.21. The van der Waals surface area contributed by atoms with Gasteiger partial charge in [0.15, 0.2) is 5.78 Å². The Balaban J connectivity index is 1.23. The molecule has 6 nitrogen and oxygen atoms in total. The topological polar surface area (TPSA) is 78.5 Å². The summed E-state index contributed by atoms with van der Waals surface area (Å²) in [5.74, 6) is 0.0417. The van der Waals surface area contributed by atoms with E-state index in [9.17, 15) is 14.4 Å². The first-order valence-electron chi connectivity index (χ1n) is 11.8. The molecule has 37 heavy (non-hydrogen) atoms. The molecule has 3 amide bonds. The number of amides is 3. The number of nitrogens with one attached hydrogen (secondary N) is 2. The maximum atomic E-state index is 13.5. The van der Waals surface area contributed by atoms with E-state index >= 15 is 0 Å². The molecule has 1 aliphatic carbocycles. The van der Waals surface area contributed by atoms with Gasteiger partial charge in [-0.1, -0.05) is 42.5 Å². The predicted octanol–water partition coefficient (Wildman–Crippen LogP) is 6.63. The molecule has 2 N–H and O–H groups in total. The lowest BCUT2D eigenvalue weighted by Gasteiger charge is -2.40. The molecule has 0 fully saturated rings. The van der Waals surface area contributed by atoms with Crippen LogP contribution in [0.1, 0.15) is 17.3 Å². The summed E-state index contributed by atoms with van der Waals surface area (Å²) in [6.07, 6.45) is 8.20. The van der Waals surface area contributed by atoms with Crippen molar-refractivity contribution in [2.45, 2.75) is 28.0 Å². The number of nitrogens with zero attached hydrogens (tertiary/aromatic N) is 1. The molecule has 3 aromatic rings. The number of rotatable bonds is 6. The van der Waals surface area contributed by atoms with Gasteiger partial charge in [-0.25, -0.2) is 4.79 Å². The number of benzene rings is 3. The van der Waals surface area contributed by atoms with E-state index in [-0.39, 0.29) is 34.8 Å². The second kappa shape index (κ2) is 11.1. The zero-order valence-corrected chi connectivity index (χ0v) is 21.7. The third kappa shape index (κ3) is 5.81. The Labute approximate surface area is 224 Å². The minimum absolute atomic E-state index is 0.0179. The van der Waals surface area contributed by atoms with Crippen LogP contribution in [0.3, 0.4) is 0 Å². The van der Waals surface area contributed by atoms with Gasteiger partial charge in [-0.05, 0) is 61.5 Å². The first-order chi connectivity index (χ1) is 18.0. The Hall–Kier alpha value is -3.75. The minimum Gasteiger partial charge on any atom is -0.325 e. The molecular weight excluding hydrogens is 502 g/mol. The van der Waals surface area contributed by atoms with Crippen LogP contribution in [0, 0.1) is 0 Å². The predicted molar refractivity (Wildman–Crippen MR) is 152 cm³/mol. The number of hydrogen-bond acceptors (Lipinski definition) is 5. The van der Waals surface area contributed by atoms with Gasteiger partial charge in [0, 0.05) is 26.7 Å². The average Bonchev–Trinajstić information content (AvgIpc) is 2.91. The number of para-hydroxylation sites is 1. The Morgan fingerprint density at radius 1 is 0.892 bits per heavy atom. The largest absolute Gasteiger partial charge is 0.326 e. The van der Waals surface area contributed by atoms with Crippen molar-refractivity contribution in [2.24, 2.45) is 0 Å². The summed E-state index contributed by atoms with van der Waals surface area (Å²) in [6, 6.07) is 22.0. The number of fused-ring (bicyclic) bond motifs is 2. The molecule has 0 aromatic heterocycles. The van der Waals surface area contributed by atoms with Crippen molar-refractivity contribution in [3.05, 3.63) is 103 Å². The summed E-state index contributed by atoms with van der Waals surface area (Å²) in [5, 5.41) is 6.05. The maximum Gasteiger partial charge on any atom is 0.326 e. The summed E-state index contributed by atoms with van der Waals surface area (Å²) in [4.78, 5) is 41.1. The van der Waals surface area contributed by atoms with Gasteiger partial charge in [0.05, 0.1) is 22.7 Å². The van der Waals surface area contributed by atoms with E-state index < -0.39 is 0 Å². The van der Waals surface area contributed by atoms with Crippen LogP contribution in [0.25, 0.3) is 0 Å². The zero-order chi connectivity index (χ0) is 25.8. The number of carbonyl (C=O) groups is 3. The summed E-state index contributed by atoms with van der Waals surface area (Å²) in [7, 11) is 0. The lowest BCUT2D eigenvalue weighted by atomic mass is 10.1. The fourth-order valence-corrected chi connectivity index (χ4v) is 6.22. The van der Waals surface area contributed by atoms with Gasteiger partial charge in [-0.3, -0.25) is 14.5 Å². The molecule has 3 aromatic carbocycles. The molecule has 0 saturated heterocycles. The van der Waals surface area contributed by atoms with E-state index in [2.05, 4.69) is 22.8 Å². The smallest absolute Gasteiger partial charge is 0.325 e. The van der Waals surface area contributed by atoms with Crippen molar-refractivity contribution in [3.8, 4) is 0 Å². The first-order valence-corrected chi connectivity index (χ1v) is 13.7. The highest BCUT2D eigenvalue weighted by molar-refractivity contribution is 8.00. The fraction of sp³-hybridized carbons (Fsp3) is 0.138. The molecule has 0 spiro atoms. The Bertz CT molecular complexity index is 1400. The molecule has 8 heteroatoms. The molecular formula is C29H25N3O3S2. The molecule has 0 bridgehead atoms. The van der Waals surface area contributed by atoms with Crippen LogP contribution < -0.4 is 15.5 Å². The second-order valence-electron chi connectivity index (χ2n) is 8.61. The summed E-state index contributed by atoms with van der Waals surface area (Å²) < 4.78 is 0. The van der Waals surface area contributed by atoms with E-state index in [0.29, 0.717) is 16.9 Å². The van der Waals surface area contributed by atoms with Gasteiger partial charge in [0.25, 0.3) is 0 Å². The molecule has 2 unspecified atom stereocenters. The van der Waals surface area contributed by atoms with E-state index in [0.717, 1.165) is 15.5 Å². The molecule has 1 aliphatic heterocycles. The first kappa shape index (κ1) is 24.9. The molecule has 0 saturated carbocycles. The van der Waals surface area contributed by atoms with Gasteiger partial charge in [0.1, 0.15) is 0 Å². The number of thioether (sulfide) groups is 2. The van der Waals surface area contributed by atoms with Crippen LogP contribution in [-0.4, -0.2) is 34.8 Å². The van der Waals surface area contributed by atoms with Gasteiger partial charge < -0.3 is 10.6 Å². The van der Waals surface area contributed by atoms with Crippen LogP contribution in [0.5, 0.6) is 0 Å². The average molecular weight is 528 g/mol. The van der Waals surface area contributed by atoms with Crippen LogP contribution in [0.4, 0.5) is 21.9 Å². The highest BCUT2D eigenvalue weighted by Gasteiger charge is 2.36. The third-order valence-corrected chi connectivity index (χ3v) is 8.29. The number of ketones is 1. The Morgan fingerprint density at radius 2 is 1.68 bits per heavy atom. The van der Waals surface area contributed by atoms with Crippen LogP contribution >= 0.6 is 23.5 Å². The highest BCUT2D eigenvalue weighted by atomic mass is 32.2. The SMILES string of the molecule is CC(=O)c1ccc(NC(=O)CSc2cccc(NC(=O)N3c4ccccc4SC4C=CC=CC43)c2)cc1. The number of allylic oxidation sites excluding steroid dienone is 2. The number of Topliss-reactive ketones (excluding diaryl/α,β-unsaturated/α-hetero) is 1. The number of urea groups is 1. The number of anilines is 3. The van der Waals surface area contributed by atoms with Crippen molar-refractivity contribution in [1.29, 1.82) is 0 Å². The maximum absolute atomic E-state index is 13.5. The van der Waals surface area contributed by atoms with Gasteiger partial charge in [-0.2, -0.15) is 0 Å². The van der Waals surface area contributed by atoms with Crippen molar-refractivity contribution >= 4 is 58.3 Å². The van der Waals surface area contributed by atoms with E-state index in [1.165, 1.54) is 18.7 Å². The van der Waals surface area contributed by atoms with E-state index in [1.807, 2.05) is 65.6 Å². The second-order valence-corrected chi connectivity index (χ2v) is 10.9. The van der Waals surface area contributed by atoms with Gasteiger partial charge >= 0.3 is 6.03 Å². The van der Waals surface area contributed by atoms with Crippen LogP contribution in [-0.2, 0) is 4.79 Å². The molecule has 186 valence electrons. The van der Waals surface area contributed by atoms with E-state index in [4.69, 9.17) is 0 Å². The molecule has 0 radical (unpaired) electrons. The normalized spacial score (nSPS) is 17.5. The summed E-state index contributed by atoms with van der Waals surface area (Å²) in [6.45, 7) is 1.51. The standard InChI is InChI=1S/C29H25N3O3S2/c1-19(33)20-13-15-21(16-14-20)30-28(34)18-36-23-8-6-7-22(17-23)31-29(35)32-24-9-2-4-11-26(24)37-27-12-5-3-10-25(27)32/h2-17,24,26H,18H2,1H3,(H,30,34)(H,31,35). The van der Waals surface area contributed by atoms with Gasteiger partial charge in [0.2, 0.25) is 5.91 Å². The lowest BCUT2D eigenvalue weighted by molar-refractivity contribution is -0.113. The van der Waals surface area contributed by atoms with Crippen LogP contribution in [0.2, 0.25) is 0 Å². The van der Waals surface area contributed by atoms with Crippen molar-refractivity contribution < 1.29 is 14.4 Å². The zero-order valence-electron chi connectivity index (χ0n) is 20.1. The highest BCUT2D eigenvalue weighted by Crippen LogP contribution is 2.43. The molecule has 5 rings (SSSR count). The van der Waals surface area contributed by atoms with Crippen molar-refractivity contribution in [2.75, 3.05) is 21.3 Å². The Kier molecular flexibility index (Phi) is 7.48. The van der Waals surface area contributed by atoms with Crippen molar-refractivity contribution in [3.63, 3.8) is 0 Å².